The van der Waals surface area contributed by atoms with Gasteiger partial charge in [0.2, 0.25) is 5.91 Å². The second-order valence-electron chi connectivity index (χ2n) is 7.19. The highest BCUT2D eigenvalue weighted by Gasteiger charge is 2.26. The Balaban J connectivity index is 1.49. The maximum Gasteiger partial charge on any atom is 0.276 e. The number of carbonyl (C=O) groups is 1. The Morgan fingerprint density at radius 1 is 1.04 bits per heavy atom. The molecule has 1 amide bonds. The highest BCUT2D eigenvalue weighted by molar-refractivity contribution is 5.88. The van der Waals surface area contributed by atoms with Crippen molar-refractivity contribution in [2.45, 2.75) is 38.1 Å². The van der Waals surface area contributed by atoms with Gasteiger partial charge in [-0.2, -0.15) is 0 Å². The monoisotopic (exact) mass is 369 g/mol. The number of nitrogens with zero attached hydrogens (tertiary/aromatic N) is 3. The van der Waals surface area contributed by atoms with Crippen LogP contribution in [-0.4, -0.2) is 52.9 Å². The van der Waals surface area contributed by atoms with E-state index in [1.807, 2.05) is 4.90 Å². The molecule has 1 saturated heterocycles. The number of nitro groups is 1. The fraction of sp³-hybridized carbons (Fsp3) is 0.476. The zero-order valence-electron chi connectivity index (χ0n) is 15.6. The van der Waals surface area contributed by atoms with Gasteiger partial charge in [0.25, 0.3) is 5.69 Å². The van der Waals surface area contributed by atoms with Crippen LogP contribution in [0.25, 0.3) is 6.08 Å². The summed E-state index contributed by atoms with van der Waals surface area (Å²) in [4.78, 5) is 27.4. The van der Waals surface area contributed by atoms with Crippen molar-refractivity contribution in [3.05, 3.63) is 58.2 Å². The van der Waals surface area contributed by atoms with Crippen LogP contribution in [-0.2, 0) is 4.79 Å². The van der Waals surface area contributed by atoms with Gasteiger partial charge in [0.1, 0.15) is 0 Å². The summed E-state index contributed by atoms with van der Waals surface area (Å²) in [7, 11) is 0. The fourth-order valence-corrected chi connectivity index (χ4v) is 3.95. The number of carbonyl (C=O) groups excluding carboxylic acids is 1. The lowest BCUT2D eigenvalue weighted by molar-refractivity contribution is -0.385. The first-order valence-electron chi connectivity index (χ1n) is 9.76. The molecular formula is C21H27N3O3. The molecule has 1 aromatic carbocycles. The molecule has 0 bridgehead atoms. The molecule has 6 nitrogen and oxygen atoms in total. The van der Waals surface area contributed by atoms with Crippen molar-refractivity contribution in [1.82, 2.24) is 9.80 Å². The summed E-state index contributed by atoms with van der Waals surface area (Å²) in [5.41, 5.74) is 0.591. The van der Waals surface area contributed by atoms with Crippen LogP contribution in [0.3, 0.4) is 0 Å². The molecular weight excluding hydrogens is 342 g/mol. The molecule has 0 aromatic heterocycles. The average Bonchev–Trinajstić information content (AvgIpc) is 2.72. The van der Waals surface area contributed by atoms with Crippen molar-refractivity contribution in [1.29, 1.82) is 0 Å². The van der Waals surface area contributed by atoms with Crippen LogP contribution in [0.1, 0.15) is 37.7 Å². The van der Waals surface area contributed by atoms with Gasteiger partial charge in [-0.1, -0.05) is 43.5 Å². The van der Waals surface area contributed by atoms with E-state index in [4.69, 9.17) is 0 Å². The number of amides is 1. The van der Waals surface area contributed by atoms with Gasteiger partial charge in [-0.25, -0.2) is 0 Å². The zero-order valence-corrected chi connectivity index (χ0v) is 15.6. The number of hydrogen-bond donors (Lipinski definition) is 0. The normalized spacial score (nSPS) is 19.8. The number of rotatable bonds is 5. The Morgan fingerprint density at radius 2 is 1.74 bits per heavy atom. The van der Waals surface area contributed by atoms with Crippen molar-refractivity contribution in [3.63, 3.8) is 0 Å². The lowest BCUT2D eigenvalue weighted by Gasteiger charge is -2.40. The molecule has 1 aliphatic carbocycles. The number of hydrogen-bond acceptors (Lipinski definition) is 4. The van der Waals surface area contributed by atoms with Crippen molar-refractivity contribution < 1.29 is 9.72 Å². The third-order valence-corrected chi connectivity index (χ3v) is 5.48. The number of para-hydroxylation sites is 1. The number of nitro benzene ring substituents is 1. The molecule has 0 spiro atoms. The first-order valence-corrected chi connectivity index (χ1v) is 9.76. The smallest absolute Gasteiger partial charge is 0.276 e. The summed E-state index contributed by atoms with van der Waals surface area (Å²) < 4.78 is 0. The molecule has 0 N–H and O–H groups in total. The van der Waals surface area contributed by atoms with Gasteiger partial charge in [0, 0.05) is 44.4 Å². The van der Waals surface area contributed by atoms with E-state index in [1.165, 1.54) is 38.2 Å². The largest absolute Gasteiger partial charge is 0.337 e. The summed E-state index contributed by atoms with van der Waals surface area (Å²) in [6.45, 7) is 3.45. The molecule has 6 heteroatoms. The lowest BCUT2D eigenvalue weighted by atomic mass is 9.94. The number of piperazine rings is 1. The first-order chi connectivity index (χ1) is 13.1. The Labute approximate surface area is 160 Å². The molecule has 0 radical (unpaired) electrons. The molecule has 1 aliphatic heterocycles. The quantitative estimate of drug-likeness (QED) is 0.344. The van der Waals surface area contributed by atoms with E-state index in [1.54, 1.807) is 42.5 Å². The molecule has 1 aromatic rings. The topological polar surface area (TPSA) is 66.7 Å². The fourth-order valence-electron chi connectivity index (χ4n) is 3.95. The number of allylic oxidation sites excluding steroid dienone is 2. The van der Waals surface area contributed by atoms with E-state index in [0.29, 0.717) is 11.6 Å². The van der Waals surface area contributed by atoms with Crippen LogP contribution in [0.4, 0.5) is 5.69 Å². The van der Waals surface area contributed by atoms with Gasteiger partial charge < -0.3 is 4.90 Å². The predicted octanol–water partition coefficient (Wildman–Crippen LogP) is 3.64. The SMILES string of the molecule is O=C(C=CC=Cc1ccccc1[N+](=O)[O-])N1CCN(C2CCCCC2)CC1. The van der Waals surface area contributed by atoms with E-state index >= 15 is 0 Å². The summed E-state index contributed by atoms with van der Waals surface area (Å²) >= 11 is 0. The minimum atomic E-state index is -0.402. The Kier molecular flexibility index (Phi) is 6.76. The van der Waals surface area contributed by atoms with Crippen molar-refractivity contribution in [2.75, 3.05) is 26.2 Å². The summed E-state index contributed by atoms with van der Waals surface area (Å²) in [6, 6.07) is 7.26. The lowest BCUT2D eigenvalue weighted by Crippen LogP contribution is -2.52. The third-order valence-electron chi connectivity index (χ3n) is 5.48. The zero-order chi connectivity index (χ0) is 19.1. The average molecular weight is 369 g/mol. The van der Waals surface area contributed by atoms with Crippen molar-refractivity contribution >= 4 is 17.7 Å². The molecule has 27 heavy (non-hydrogen) atoms. The predicted molar refractivity (Wildman–Crippen MR) is 106 cm³/mol. The van der Waals surface area contributed by atoms with Gasteiger partial charge >= 0.3 is 0 Å². The van der Waals surface area contributed by atoms with Gasteiger partial charge in [0.15, 0.2) is 0 Å². The van der Waals surface area contributed by atoms with Crippen molar-refractivity contribution in [2.24, 2.45) is 0 Å². The third kappa shape index (κ3) is 5.26. The van der Waals surface area contributed by atoms with Crippen LogP contribution in [0.2, 0.25) is 0 Å². The Bertz CT molecular complexity index is 715. The van der Waals surface area contributed by atoms with Crippen LogP contribution < -0.4 is 0 Å². The highest BCUT2D eigenvalue weighted by atomic mass is 16.6. The van der Waals surface area contributed by atoms with E-state index in [2.05, 4.69) is 4.90 Å². The number of benzene rings is 1. The van der Waals surface area contributed by atoms with E-state index < -0.39 is 4.92 Å². The second-order valence-corrected chi connectivity index (χ2v) is 7.19. The van der Waals surface area contributed by atoms with E-state index in [-0.39, 0.29) is 11.6 Å². The summed E-state index contributed by atoms with van der Waals surface area (Å²) in [6.07, 6.45) is 13.2. The van der Waals surface area contributed by atoms with Gasteiger partial charge in [-0.3, -0.25) is 19.8 Å². The minimum Gasteiger partial charge on any atom is -0.337 e. The van der Waals surface area contributed by atoms with E-state index in [0.717, 1.165) is 26.2 Å². The summed E-state index contributed by atoms with van der Waals surface area (Å²) in [5.74, 6) is 0.00510. The van der Waals surface area contributed by atoms with Crippen LogP contribution in [0.5, 0.6) is 0 Å². The van der Waals surface area contributed by atoms with Crippen LogP contribution in [0, 0.1) is 10.1 Å². The first kappa shape index (κ1) is 19.3. The Morgan fingerprint density at radius 3 is 2.44 bits per heavy atom. The molecule has 0 unspecified atom stereocenters. The molecule has 1 saturated carbocycles. The van der Waals surface area contributed by atoms with Crippen LogP contribution in [0.15, 0.2) is 42.5 Å². The maximum absolute atomic E-state index is 12.3. The van der Waals surface area contributed by atoms with Crippen LogP contribution >= 0.6 is 0 Å². The van der Waals surface area contributed by atoms with E-state index in [9.17, 15) is 14.9 Å². The Hall–Kier alpha value is -2.47. The highest BCUT2D eigenvalue weighted by Crippen LogP contribution is 2.23. The molecule has 2 fully saturated rings. The second kappa shape index (κ2) is 9.46. The van der Waals surface area contributed by atoms with Gasteiger partial charge in [-0.05, 0) is 25.0 Å². The molecule has 144 valence electrons. The van der Waals surface area contributed by atoms with Crippen molar-refractivity contribution in [3.8, 4) is 0 Å². The van der Waals surface area contributed by atoms with Gasteiger partial charge in [0.05, 0.1) is 10.5 Å². The minimum absolute atomic E-state index is 0.00510. The van der Waals surface area contributed by atoms with Gasteiger partial charge in [-0.15, -0.1) is 0 Å². The standard InChI is InChI=1S/C21H27N3O3/c25-21(13-7-5-9-18-8-4-6-12-20(18)24(26)27)23-16-14-22(15-17-23)19-10-2-1-3-11-19/h4-9,12-13,19H,1-3,10-11,14-17H2. The summed E-state index contributed by atoms with van der Waals surface area (Å²) in [5, 5.41) is 11.0. The molecule has 3 rings (SSSR count). The molecule has 0 atom stereocenters. The molecule has 1 heterocycles. The molecule has 2 aliphatic rings. The maximum atomic E-state index is 12.3.